The van der Waals surface area contributed by atoms with E-state index in [1.165, 1.54) is 12.1 Å². The van der Waals surface area contributed by atoms with Crippen molar-refractivity contribution in [2.75, 3.05) is 0 Å². The van der Waals surface area contributed by atoms with Crippen molar-refractivity contribution in [2.45, 2.75) is 44.7 Å². The molecule has 1 fully saturated rings. The average Bonchev–Trinajstić information content (AvgIpc) is 3.41. The number of amides is 1. The molecule has 0 unspecified atom stereocenters. The number of carbonyl (C=O) groups excluding carboxylic acids is 1. The maximum Gasteiger partial charge on any atom is 0.217 e. The number of hydrogen-bond acceptors (Lipinski definition) is 3. The summed E-state index contributed by atoms with van der Waals surface area (Å²) in [7, 11) is 0. The van der Waals surface area contributed by atoms with E-state index in [1.54, 1.807) is 25.3 Å². The molecule has 5 rings (SSSR count). The van der Waals surface area contributed by atoms with Crippen LogP contribution >= 0.6 is 0 Å². The van der Waals surface area contributed by atoms with Crippen LogP contribution < -0.4 is 5.32 Å². The minimum absolute atomic E-state index is 0.0250. The molecule has 1 amide bonds. The van der Waals surface area contributed by atoms with Crippen LogP contribution in [0.2, 0.25) is 0 Å². The largest absolute Gasteiger partial charge is 0.354 e. The highest BCUT2D eigenvalue weighted by Crippen LogP contribution is 2.39. The number of pyridine rings is 1. The van der Waals surface area contributed by atoms with Crippen LogP contribution in [0.3, 0.4) is 0 Å². The fourth-order valence-corrected chi connectivity index (χ4v) is 4.68. The van der Waals surface area contributed by atoms with Crippen molar-refractivity contribution in [3.63, 3.8) is 0 Å². The summed E-state index contributed by atoms with van der Waals surface area (Å²) < 4.78 is 15.8. The molecule has 0 saturated heterocycles. The molecule has 1 aliphatic rings. The maximum absolute atomic E-state index is 13.5. The predicted octanol–water partition coefficient (Wildman–Crippen LogP) is 4.85. The summed E-state index contributed by atoms with van der Waals surface area (Å²) in [4.78, 5) is 23.8. The van der Waals surface area contributed by atoms with E-state index >= 15 is 0 Å². The second-order valence-corrected chi connectivity index (χ2v) is 8.16. The summed E-state index contributed by atoms with van der Waals surface area (Å²) in [6.07, 6.45) is 9.37. The molecule has 0 aliphatic heterocycles. The molecule has 7 heteroatoms. The summed E-state index contributed by atoms with van der Waals surface area (Å²) in [5.41, 5.74) is 4.60. The molecule has 0 spiro atoms. The zero-order chi connectivity index (χ0) is 21.4. The lowest BCUT2D eigenvalue weighted by Crippen LogP contribution is -2.36. The van der Waals surface area contributed by atoms with Crippen LogP contribution in [-0.4, -0.2) is 31.5 Å². The van der Waals surface area contributed by atoms with Gasteiger partial charge in [0.15, 0.2) is 0 Å². The first-order valence-electron chi connectivity index (χ1n) is 10.6. The van der Waals surface area contributed by atoms with Crippen molar-refractivity contribution in [3.8, 4) is 22.5 Å². The number of H-pyrrole nitrogens is 1. The highest BCUT2D eigenvalue weighted by Gasteiger charge is 2.27. The second-order valence-electron chi connectivity index (χ2n) is 8.16. The number of benzene rings is 1. The van der Waals surface area contributed by atoms with E-state index in [4.69, 9.17) is 4.98 Å². The molecule has 1 aromatic carbocycles. The van der Waals surface area contributed by atoms with Crippen molar-refractivity contribution in [1.29, 1.82) is 0 Å². The number of nitrogens with one attached hydrogen (secondary N) is 2. The monoisotopic (exact) mass is 417 g/mol. The third-order valence-corrected chi connectivity index (χ3v) is 6.12. The zero-order valence-corrected chi connectivity index (χ0v) is 17.3. The van der Waals surface area contributed by atoms with Crippen LogP contribution in [0.4, 0.5) is 4.39 Å². The van der Waals surface area contributed by atoms with Crippen LogP contribution in [0.5, 0.6) is 0 Å². The van der Waals surface area contributed by atoms with Gasteiger partial charge in [-0.15, -0.1) is 0 Å². The molecule has 0 atom stereocenters. The Kier molecular flexibility index (Phi) is 5.02. The smallest absolute Gasteiger partial charge is 0.217 e. The fourth-order valence-electron chi connectivity index (χ4n) is 4.68. The van der Waals surface area contributed by atoms with Crippen LogP contribution in [0, 0.1) is 5.82 Å². The first kappa shape index (κ1) is 19.5. The Balaban J connectivity index is 1.59. The van der Waals surface area contributed by atoms with Crippen LogP contribution in [0.15, 0.2) is 55.1 Å². The number of aromatic amines is 1. The molecule has 1 saturated carbocycles. The van der Waals surface area contributed by atoms with E-state index in [2.05, 4.69) is 19.9 Å². The lowest BCUT2D eigenvalue weighted by molar-refractivity contribution is -0.119. The molecule has 6 nitrogen and oxygen atoms in total. The Hall–Kier alpha value is -3.48. The SMILES string of the molecule is CC(=O)N[C@H]1CC[C@@H](n2cnc(-c3ccc(F)cc3)c2-c2ccnc3[nH]ccc23)CC1. The fraction of sp³-hybridized carbons (Fsp3) is 0.292. The van der Waals surface area contributed by atoms with Crippen molar-refractivity contribution in [2.24, 2.45) is 0 Å². The molecule has 158 valence electrons. The highest BCUT2D eigenvalue weighted by atomic mass is 19.1. The number of rotatable bonds is 4. The summed E-state index contributed by atoms with van der Waals surface area (Å²) in [6.45, 7) is 1.57. The number of hydrogen-bond donors (Lipinski definition) is 2. The van der Waals surface area contributed by atoms with E-state index in [9.17, 15) is 9.18 Å². The normalized spacial score (nSPS) is 18.9. The van der Waals surface area contributed by atoms with E-state index < -0.39 is 0 Å². The third-order valence-electron chi connectivity index (χ3n) is 6.12. The van der Waals surface area contributed by atoms with Gasteiger partial charge < -0.3 is 14.9 Å². The minimum Gasteiger partial charge on any atom is -0.354 e. The number of carbonyl (C=O) groups is 1. The predicted molar refractivity (Wildman–Crippen MR) is 118 cm³/mol. The Morgan fingerprint density at radius 2 is 1.87 bits per heavy atom. The van der Waals surface area contributed by atoms with Crippen molar-refractivity contribution in [3.05, 3.63) is 60.9 Å². The second kappa shape index (κ2) is 7.98. The van der Waals surface area contributed by atoms with Gasteiger partial charge >= 0.3 is 0 Å². The molecular formula is C24H24FN5O. The Morgan fingerprint density at radius 3 is 2.61 bits per heavy atom. The van der Waals surface area contributed by atoms with Crippen molar-refractivity contribution in [1.82, 2.24) is 24.8 Å². The van der Waals surface area contributed by atoms with Gasteiger partial charge in [0.05, 0.1) is 17.7 Å². The standard InChI is InChI=1S/C24H24FN5O/c1-15(31)29-18-6-8-19(9-7-18)30-14-28-22(16-2-4-17(25)5-3-16)23(30)20-10-12-26-24-21(20)11-13-27-24/h2-5,10-14,18-19H,6-9H2,1H3,(H,26,27)(H,29,31)/t18-,19+. The number of fused-ring (bicyclic) bond motifs is 1. The highest BCUT2D eigenvalue weighted by molar-refractivity contribution is 5.95. The van der Waals surface area contributed by atoms with Gasteiger partial charge in [-0.05, 0) is 62.1 Å². The summed E-state index contributed by atoms with van der Waals surface area (Å²) >= 11 is 0. The van der Waals surface area contributed by atoms with Gasteiger partial charge in [0.25, 0.3) is 0 Å². The third kappa shape index (κ3) is 3.71. The van der Waals surface area contributed by atoms with E-state index in [-0.39, 0.29) is 23.8 Å². The molecule has 0 radical (unpaired) electrons. The number of nitrogens with zero attached hydrogens (tertiary/aromatic N) is 3. The van der Waals surface area contributed by atoms with Crippen LogP contribution in [0.25, 0.3) is 33.5 Å². The zero-order valence-electron chi connectivity index (χ0n) is 17.3. The van der Waals surface area contributed by atoms with Gasteiger partial charge in [0.1, 0.15) is 11.5 Å². The molecule has 1 aliphatic carbocycles. The first-order valence-corrected chi connectivity index (χ1v) is 10.6. The molecule has 4 aromatic rings. The lowest BCUT2D eigenvalue weighted by atomic mass is 9.90. The van der Waals surface area contributed by atoms with Crippen LogP contribution in [0.1, 0.15) is 38.6 Å². The average molecular weight is 417 g/mol. The van der Waals surface area contributed by atoms with Gasteiger partial charge in [-0.1, -0.05) is 0 Å². The Morgan fingerprint density at radius 1 is 1.10 bits per heavy atom. The van der Waals surface area contributed by atoms with E-state index in [0.717, 1.165) is 59.2 Å². The molecule has 31 heavy (non-hydrogen) atoms. The Bertz CT molecular complexity index is 1220. The summed E-state index contributed by atoms with van der Waals surface area (Å²) in [5, 5.41) is 4.07. The molecule has 0 bridgehead atoms. The quantitative estimate of drug-likeness (QED) is 0.498. The lowest BCUT2D eigenvalue weighted by Gasteiger charge is -2.31. The van der Waals surface area contributed by atoms with Crippen molar-refractivity contribution < 1.29 is 9.18 Å². The van der Waals surface area contributed by atoms with Crippen molar-refractivity contribution >= 4 is 16.9 Å². The summed E-state index contributed by atoms with van der Waals surface area (Å²) in [5.74, 6) is -0.241. The number of halogens is 1. The molecule has 3 heterocycles. The van der Waals surface area contributed by atoms with E-state index in [0.29, 0.717) is 0 Å². The van der Waals surface area contributed by atoms with Gasteiger partial charge in [-0.2, -0.15) is 0 Å². The van der Waals surface area contributed by atoms with E-state index in [1.807, 2.05) is 24.7 Å². The summed E-state index contributed by atoms with van der Waals surface area (Å²) in [6, 6.07) is 11.0. The number of aromatic nitrogens is 4. The van der Waals surface area contributed by atoms with Crippen LogP contribution in [-0.2, 0) is 4.79 Å². The number of imidazole rings is 1. The first-order chi connectivity index (χ1) is 15.1. The molecule has 3 aromatic heterocycles. The topological polar surface area (TPSA) is 75.6 Å². The molecular weight excluding hydrogens is 393 g/mol. The van der Waals surface area contributed by atoms with Gasteiger partial charge in [0.2, 0.25) is 5.91 Å². The van der Waals surface area contributed by atoms with Gasteiger partial charge in [-0.25, -0.2) is 14.4 Å². The Labute approximate surface area is 179 Å². The van der Waals surface area contributed by atoms with Gasteiger partial charge in [0, 0.05) is 47.9 Å². The van der Waals surface area contributed by atoms with Gasteiger partial charge in [-0.3, -0.25) is 4.79 Å². The maximum atomic E-state index is 13.5. The molecule has 2 N–H and O–H groups in total. The minimum atomic E-state index is -0.266.